The third-order valence-electron chi connectivity index (χ3n) is 3.17. The van der Waals surface area contributed by atoms with E-state index in [4.69, 9.17) is 4.74 Å². The zero-order chi connectivity index (χ0) is 13.5. The highest BCUT2D eigenvalue weighted by Crippen LogP contribution is 2.19. The van der Waals surface area contributed by atoms with Crippen LogP contribution in [0.4, 0.5) is 0 Å². The van der Waals surface area contributed by atoms with Crippen molar-refractivity contribution in [3.63, 3.8) is 0 Å². The molecular formula is C16H20N2O. The molecule has 1 unspecified atom stereocenters. The second-order valence-electron chi connectivity index (χ2n) is 4.59. The number of ether oxygens (including phenoxy) is 1. The molecule has 2 atom stereocenters. The Balaban J connectivity index is 2.09. The van der Waals surface area contributed by atoms with Crippen molar-refractivity contribution in [2.45, 2.75) is 19.0 Å². The minimum Gasteiger partial charge on any atom is -0.383 e. The number of benzene rings is 1. The number of methoxy groups -OCH3 is 1. The largest absolute Gasteiger partial charge is 0.383 e. The third-order valence-corrected chi connectivity index (χ3v) is 3.17. The van der Waals surface area contributed by atoms with Gasteiger partial charge in [0, 0.05) is 25.5 Å². The van der Waals surface area contributed by atoms with Crippen molar-refractivity contribution in [1.29, 1.82) is 0 Å². The fourth-order valence-electron chi connectivity index (χ4n) is 2.12. The summed E-state index contributed by atoms with van der Waals surface area (Å²) in [4.78, 5) is 4.16. The average Bonchev–Trinajstić information content (AvgIpc) is 2.48. The molecule has 0 fully saturated rings. The lowest BCUT2D eigenvalue weighted by atomic mass is 10.0. The smallest absolute Gasteiger partial charge is 0.0657 e. The number of nitrogens with one attached hydrogen (secondary N) is 1. The molecule has 0 aliphatic carbocycles. The first-order valence-corrected chi connectivity index (χ1v) is 6.51. The van der Waals surface area contributed by atoms with Crippen LogP contribution in [-0.2, 0) is 4.74 Å². The van der Waals surface area contributed by atoms with Gasteiger partial charge in [-0.3, -0.25) is 4.98 Å². The van der Waals surface area contributed by atoms with Crippen LogP contribution < -0.4 is 5.32 Å². The topological polar surface area (TPSA) is 34.1 Å². The van der Waals surface area contributed by atoms with Gasteiger partial charge in [-0.15, -0.1) is 0 Å². The first-order chi connectivity index (χ1) is 9.31. The summed E-state index contributed by atoms with van der Waals surface area (Å²) < 4.78 is 5.32. The lowest BCUT2D eigenvalue weighted by Gasteiger charge is -2.23. The predicted molar refractivity (Wildman–Crippen MR) is 76.8 cm³/mol. The van der Waals surface area contributed by atoms with Gasteiger partial charge in [0.25, 0.3) is 0 Å². The van der Waals surface area contributed by atoms with Gasteiger partial charge in [0.05, 0.1) is 12.6 Å². The number of nitrogens with zero attached hydrogens (tertiary/aromatic N) is 1. The Hall–Kier alpha value is -1.71. The van der Waals surface area contributed by atoms with Gasteiger partial charge >= 0.3 is 0 Å². The SMILES string of the molecule is COCC(N[C@@H](C)c1cccnc1)c1ccccc1. The van der Waals surface area contributed by atoms with E-state index in [2.05, 4.69) is 47.6 Å². The Morgan fingerprint density at radius 2 is 1.84 bits per heavy atom. The Kier molecular flexibility index (Phi) is 5.07. The van der Waals surface area contributed by atoms with Crippen molar-refractivity contribution >= 4 is 0 Å². The van der Waals surface area contributed by atoms with E-state index in [0.717, 1.165) is 0 Å². The van der Waals surface area contributed by atoms with Crippen molar-refractivity contribution < 1.29 is 4.74 Å². The van der Waals surface area contributed by atoms with Crippen molar-refractivity contribution in [3.8, 4) is 0 Å². The van der Waals surface area contributed by atoms with Gasteiger partial charge in [0.15, 0.2) is 0 Å². The van der Waals surface area contributed by atoms with Gasteiger partial charge in [0.1, 0.15) is 0 Å². The maximum absolute atomic E-state index is 5.32. The third kappa shape index (κ3) is 3.88. The Bertz CT molecular complexity index is 473. The maximum Gasteiger partial charge on any atom is 0.0657 e. The molecule has 0 aliphatic rings. The fourth-order valence-corrected chi connectivity index (χ4v) is 2.12. The van der Waals surface area contributed by atoms with Crippen LogP contribution in [-0.4, -0.2) is 18.7 Å². The zero-order valence-electron chi connectivity index (χ0n) is 11.4. The standard InChI is InChI=1S/C16H20N2O/c1-13(15-9-6-10-17-11-15)18-16(12-19-2)14-7-4-3-5-8-14/h3-11,13,16,18H,12H2,1-2H3/t13-,16?/m0/s1. The van der Waals surface area contributed by atoms with E-state index in [9.17, 15) is 0 Å². The molecule has 0 saturated carbocycles. The highest BCUT2D eigenvalue weighted by molar-refractivity contribution is 5.20. The molecule has 0 saturated heterocycles. The summed E-state index contributed by atoms with van der Waals surface area (Å²) in [5.74, 6) is 0. The minimum absolute atomic E-state index is 0.182. The molecule has 1 aromatic carbocycles. The number of rotatable bonds is 6. The molecule has 100 valence electrons. The lowest BCUT2D eigenvalue weighted by Crippen LogP contribution is -2.28. The summed E-state index contributed by atoms with van der Waals surface area (Å²) in [6.07, 6.45) is 3.69. The number of hydrogen-bond donors (Lipinski definition) is 1. The second-order valence-corrected chi connectivity index (χ2v) is 4.59. The van der Waals surface area contributed by atoms with Gasteiger partial charge in [-0.05, 0) is 24.1 Å². The molecule has 0 radical (unpaired) electrons. The summed E-state index contributed by atoms with van der Waals surface area (Å²) in [6, 6.07) is 14.8. The van der Waals surface area contributed by atoms with Crippen LogP contribution in [0.15, 0.2) is 54.9 Å². The molecule has 0 aliphatic heterocycles. The van der Waals surface area contributed by atoms with Crippen molar-refractivity contribution in [1.82, 2.24) is 10.3 Å². The van der Waals surface area contributed by atoms with Crippen LogP contribution in [0.25, 0.3) is 0 Å². The normalized spacial score (nSPS) is 14.0. The Labute approximate surface area is 114 Å². The second kappa shape index (κ2) is 7.02. The van der Waals surface area contributed by atoms with Gasteiger partial charge in [-0.2, -0.15) is 0 Å². The van der Waals surface area contributed by atoms with E-state index in [1.807, 2.05) is 18.3 Å². The van der Waals surface area contributed by atoms with Crippen molar-refractivity contribution in [2.75, 3.05) is 13.7 Å². The van der Waals surface area contributed by atoms with Crippen LogP contribution in [0.2, 0.25) is 0 Å². The first kappa shape index (κ1) is 13.7. The van der Waals surface area contributed by atoms with Gasteiger partial charge in [-0.25, -0.2) is 0 Å². The monoisotopic (exact) mass is 256 g/mol. The van der Waals surface area contributed by atoms with E-state index in [-0.39, 0.29) is 12.1 Å². The molecule has 2 rings (SSSR count). The van der Waals surface area contributed by atoms with E-state index < -0.39 is 0 Å². The number of pyridine rings is 1. The van der Waals surface area contributed by atoms with E-state index >= 15 is 0 Å². The Morgan fingerprint density at radius 3 is 2.47 bits per heavy atom. The van der Waals surface area contributed by atoms with Crippen LogP contribution in [0.5, 0.6) is 0 Å². The molecule has 3 nitrogen and oxygen atoms in total. The van der Waals surface area contributed by atoms with E-state index in [1.165, 1.54) is 11.1 Å². The minimum atomic E-state index is 0.182. The lowest BCUT2D eigenvalue weighted by molar-refractivity contribution is 0.162. The van der Waals surface area contributed by atoms with Crippen LogP contribution in [0, 0.1) is 0 Å². The van der Waals surface area contributed by atoms with Crippen LogP contribution in [0.1, 0.15) is 30.1 Å². The van der Waals surface area contributed by atoms with Crippen molar-refractivity contribution in [2.24, 2.45) is 0 Å². The van der Waals surface area contributed by atoms with Gasteiger partial charge in [0.2, 0.25) is 0 Å². The maximum atomic E-state index is 5.32. The fraction of sp³-hybridized carbons (Fsp3) is 0.312. The quantitative estimate of drug-likeness (QED) is 0.862. The van der Waals surface area contributed by atoms with E-state index in [0.29, 0.717) is 6.61 Å². The molecule has 19 heavy (non-hydrogen) atoms. The van der Waals surface area contributed by atoms with Gasteiger partial charge in [-0.1, -0.05) is 36.4 Å². The zero-order valence-corrected chi connectivity index (χ0v) is 11.4. The molecule has 3 heteroatoms. The van der Waals surface area contributed by atoms with Crippen molar-refractivity contribution in [3.05, 3.63) is 66.0 Å². The highest BCUT2D eigenvalue weighted by Gasteiger charge is 2.15. The molecule has 0 bridgehead atoms. The summed E-state index contributed by atoms with van der Waals surface area (Å²) in [5, 5.41) is 3.59. The molecule has 1 heterocycles. The number of aromatic nitrogens is 1. The van der Waals surface area contributed by atoms with Crippen LogP contribution >= 0.6 is 0 Å². The highest BCUT2D eigenvalue weighted by atomic mass is 16.5. The summed E-state index contributed by atoms with van der Waals surface area (Å²) >= 11 is 0. The molecule has 0 spiro atoms. The molecule has 1 N–H and O–H groups in total. The molecular weight excluding hydrogens is 236 g/mol. The summed E-state index contributed by atoms with van der Waals surface area (Å²) in [6.45, 7) is 2.79. The average molecular weight is 256 g/mol. The summed E-state index contributed by atoms with van der Waals surface area (Å²) in [5.41, 5.74) is 2.42. The molecule has 2 aromatic rings. The molecule has 1 aromatic heterocycles. The van der Waals surface area contributed by atoms with Crippen LogP contribution in [0.3, 0.4) is 0 Å². The number of hydrogen-bond acceptors (Lipinski definition) is 3. The first-order valence-electron chi connectivity index (χ1n) is 6.51. The Morgan fingerprint density at radius 1 is 1.11 bits per heavy atom. The summed E-state index contributed by atoms with van der Waals surface area (Å²) in [7, 11) is 1.73. The predicted octanol–water partition coefficient (Wildman–Crippen LogP) is 3.12. The van der Waals surface area contributed by atoms with E-state index in [1.54, 1.807) is 13.3 Å². The van der Waals surface area contributed by atoms with Gasteiger partial charge < -0.3 is 10.1 Å². The molecule has 0 amide bonds.